The van der Waals surface area contributed by atoms with Crippen LogP contribution in [0.4, 0.5) is 5.69 Å². The van der Waals surface area contributed by atoms with Gasteiger partial charge in [0, 0.05) is 51.5 Å². The van der Waals surface area contributed by atoms with Crippen LogP contribution in [-0.2, 0) is 6.42 Å². The van der Waals surface area contributed by atoms with Gasteiger partial charge in [0.1, 0.15) is 5.82 Å². The van der Waals surface area contributed by atoms with Crippen molar-refractivity contribution in [3.63, 3.8) is 0 Å². The lowest BCUT2D eigenvalue weighted by molar-refractivity contribution is 0.690. The second-order valence-corrected chi connectivity index (χ2v) is 6.84. The molecular weight excluding hydrogens is 362 g/mol. The Kier molecular flexibility index (Phi) is 7.86. The number of aliphatic imine (C=N–C) groups is 1. The minimum atomic E-state index is 0.840. The predicted molar refractivity (Wildman–Crippen MR) is 120 cm³/mol. The van der Waals surface area contributed by atoms with Crippen molar-refractivity contribution in [3.8, 4) is 0 Å². The summed E-state index contributed by atoms with van der Waals surface area (Å²) in [5.41, 5.74) is 2.17. The molecule has 0 amide bonds. The predicted octanol–water partition coefficient (Wildman–Crippen LogP) is 2.74. The number of anilines is 1. The van der Waals surface area contributed by atoms with E-state index in [4.69, 9.17) is 0 Å². The van der Waals surface area contributed by atoms with Gasteiger partial charge in [-0.15, -0.1) is 10.2 Å². The molecule has 2 aromatic heterocycles. The first-order valence-electron chi connectivity index (χ1n) is 10.3. The first-order chi connectivity index (χ1) is 14.3. The number of aromatic nitrogens is 3. The number of pyridine rings is 1. The normalized spacial score (nSPS) is 11.6. The SMILES string of the molecule is CCN(CCCNC(=NC)NCCCc1nnc2ccccn12)c1ccccc1. The third-order valence-electron chi connectivity index (χ3n) is 4.88. The molecule has 0 bridgehead atoms. The van der Waals surface area contributed by atoms with Gasteiger partial charge in [0.2, 0.25) is 0 Å². The minimum absolute atomic E-state index is 0.840. The highest BCUT2D eigenvalue weighted by atomic mass is 15.2. The summed E-state index contributed by atoms with van der Waals surface area (Å²) in [5, 5.41) is 15.3. The Bertz CT molecular complexity index is 888. The zero-order chi connectivity index (χ0) is 20.3. The summed E-state index contributed by atoms with van der Waals surface area (Å²) in [4.78, 5) is 6.70. The summed E-state index contributed by atoms with van der Waals surface area (Å²) in [6.45, 7) is 5.95. The molecule has 3 rings (SSSR count). The van der Waals surface area contributed by atoms with Crippen molar-refractivity contribution in [1.82, 2.24) is 25.2 Å². The minimum Gasteiger partial charge on any atom is -0.372 e. The molecule has 3 aromatic rings. The molecule has 7 heteroatoms. The van der Waals surface area contributed by atoms with Crippen molar-refractivity contribution < 1.29 is 0 Å². The van der Waals surface area contributed by atoms with E-state index in [9.17, 15) is 0 Å². The molecule has 29 heavy (non-hydrogen) atoms. The van der Waals surface area contributed by atoms with E-state index >= 15 is 0 Å². The number of aryl methyl sites for hydroxylation is 1. The molecule has 0 unspecified atom stereocenters. The Morgan fingerprint density at radius 3 is 2.52 bits per heavy atom. The number of hydrogen-bond donors (Lipinski definition) is 2. The number of nitrogens with one attached hydrogen (secondary N) is 2. The number of nitrogens with zero attached hydrogens (tertiary/aromatic N) is 5. The van der Waals surface area contributed by atoms with E-state index in [0.717, 1.165) is 62.9 Å². The lowest BCUT2D eigenvalue weighted by Crippen LogP contribution is -2.39. The first kappa shape index (κ1) is 20.6. The molecule has 1 aromatic carbocycles. The molecule has 0 radical (unpaired) electrons. The fourth-order valence-electron chi connectivity index (χ4n) is 3.32. The Labute approximate surface area is 172 Å². The Morgan fingerprint density at radius 1 is 1.00 bits per heavy atom. The molecule has 154 valence electrons. The lowest BCUT2D eigenvalue weighted by Gasteiger charge is -2.23. The quantitative estimate of drug-likeness (QED) is 0.315. The monoisotopic (exact) mass is 393 g/mol. The maximum Gasteiger partial charge on any atom is 0.190 e. The Hall–Kier alpha value is -3.09. The van der Waals surface area contributed by atoms with E-state index in [1.54, 1.807) is 0 Å². The molecular formula is C22H31N7. The molecule has 0 saturated heterocycles. The molecule has 0 aliphatic carbocycles. The Balaban J connectivity index is 1.34. The van der Waals surface area contributed by atoms with E-state index in [1.165, 1.54) is 5.69 Å². The van der Waals surface area contributed by atoms with Crippen molar-refractivity contribution in [2.45, 2.75) is 26.2 Å². The van der Waals surface area contributed by atoms with Crippen LogP contribution in [0, 0.1) is 0 Å². The van der Waals surface area contributed by atoms with Crippen molar-refractivity contribution in [2.75, 3.05) is 38.1 Å². The van der Waals surface area contributed by atoms with Crippen molar-refractivity contribution in [2.24, 2.45) is 4.99 Å². The van der Waals surface area contributed by atoms with Gasteiger partial charge < -0.3 is 15.5 Å². The van der Waals surface area contributed by atoms with Crippen LogP contribution < -0.4 is 15.5 Å². The molecule has 0 spiro atoms. The molecule has 2 heterocycles. The number of para-hydroxylation sites is 1. The maximum absolute atomic E-state index is 4.32. The molecule has 0 fully saturated rings. The van der Waals surface area contributed by atoms with Gasteiger partial charge in [-0.3, -0.25) is 9.39 Å². The van der Waals surface area contributed by atoms with Gasteiger partial charge in [0.15, 0.2) is 11.6 Å². The van der Waals surface area contributed by atoms with Crippen LogP contribution in [0.2, 0.25) is 0 Å². The fraction of sp³-hybridized carbons (Fsp3) is 0.409. The van der Waals surface area contributed by atoms with Crippen LogP contribution in [0.1, 0.15) is 25.6 Å². The van der Waals surface area contributed by atoms with Gasteiger partial charge in [0.05, 0.1) is 0 Å². The molecule has 0 atom stereocenters. The Morgan fingerprint density at radius 2 is 1.76 bits per heavy atom. The van der Waals surface area contributed by atoms with Crippen LogP contribution in [0.15, 0.2) is 59.7 Å². The highest BCUT2D eigenvalue weighted by molar-refractivity contribution is 5.79. The van der Waals surface area contributed by atoms with Crippen molar-refractivity contribution in [3.05, 3.63) is 60.6 Å². The van der Waals surface area contributed by atoms with Gasteiger partial charge in [-0.25, -0.2) is 0 Å². The topological polar surface area (TPSA) is 69.8 Å². The third-order valence-corrected chi connectivity index (χ3v) is 4.88. The average molecular weight is 394 g/mol. The number of rotatable bonds is 10. The fourth-order valence-corrected chi connectivity index (χ4v) is 3.32. The smallest absolute Gasteiger partial charge is 0.190 e. The number of guanidine groups is 1. The summed E-state index contributed by atoms with van der Waals surface area (Å²) in [7, 11) is 1.81. The van der Waals surface area contributed by atoms with E-state index in [0.29, 0.717) is 0 Å². The van der Waals surface area contributed by atoms with Gasteiger partial charge in [-0.05, 0) is 44.0 Å². The first-order valence-corrected chi connectivity index (χ1v) is 10.3. The zero-order valence-corrected chi connectivity index (χ0v) is 17.4. The number of benzene rings is 1. The second-order valence-electron chi connectivity index (χ2n) is 6.84. The van der Waals surface area contributed by atoms with Crippen LogP contribution in [0.5, 0.6) is 0 Å². The van der Waals surface area contributed by atoms with Gasteiger partial charge in [-0.1, -0.05) is 24.3 Å². The maximum atomic E-state index is 4.32. The average Bonchev–Trinajstić information content (AvgIpc) is 3.19. The molecule has 0 saturated carbocycles. The highest BCUT2D eigenvalue weighted by Gasteiger charge is 2.05. The summed E-state index contributed by atoms with van der Waals surface area (Å²) >= 11 is 0. The van der Waals surface area contributed by atoms with Crippen LogP contribution in [0.3, 0.4) is 0 Å². The van der Waals surface area contributed by atoms with Gasteiger partial charge >= 0.3 is 0 Å². The third kappa shape index (κ3) is 5.94. The largest absolute Gasteiger partial charge is 0.372 e. The lowest BCUT2D eigenvalue weighted by atomic mass is 10.2. The van der Waals surface area contributed by atoms with Gasteiger partial charge in [-0.2, -0.15) is 0 Å². The molecule has 2 N–H and O–H groups in total. The van der Waals surface area contributed by atoms with Gasteiger partial charge in [0.25, 0.3) is 0 Å². The molecule has 7 nitrogen and oxygen atoms in total. The second kappa shape index (κ2) is 11.0. The zero-order valence-electron chi connectivity index (χ0n) is 17.4. The number of hydrogen-bond acceptors (Lipinski definition) is 4. The van der Waals surface area contributed by atoms with Crippen LogP contribution in [-0.4, -0.2) is 53.8 Å². The highest BCUT2D eigenvalue weighted by Crippen LogP contribution is 2.12. The van der Waals surface area contributed by atoms with E-state index in [1.807, 2.05) is 35.8 Å². The van der Waals surface area contributed by atoms with Crippen LogP contribution in [0.25, 0.3) is 5.65 Å². The van der Waals surface area contributed by atoms with Crippen molar-refractivity contribution >= 4 is 17.3 Å². The summed E-state index contributed by atoms with van der Waals surface area (Å²) < 4.78 is 2.04. The van der Waals surface area contributed by atoms with Crippen LogP contribution >= 0.6 is 0 Å². The summed E-state index contributed by atoms with van der Waals surface area (Å²) in [6, 6.07) is 16.5. The molecule has 0 aliphatic rings. The number of fused-ring (bicyclic) bond motifs is 1. The van der Waals surface area contributed by atoms with E-state index in [2.05, 4.69) is 68.0 Å². The standard InChI is InChI=1S/C22H31N7/c1-3-28(19-11-5-4-6-12-19)17-10-16-25-22(23-2)24-15-9-14-21-27-26-20-13-7-8-18-29(20)21/h4-8,11-13,18H,3,9-10,14-17H2,1-2H3,(H2,23,24,25). The van der Waals surface area contributed by atoms with E-state index < -0.39 is 0 Å². The van der Waals surface area contributed by atoms with E-state index in [-0.39, 0.29) is 0 Å². The summed E-state index contributed by atoms with van der Waals surface area (Å²) in [6.07, 6.45) is 4.90. The summed E-state index contributed by atoms with van der Waals surface area (Å²) in [5.74, 6) is 1.84. The van der Waals surface area contributed by atoms with Crippen molar-refractivity contribution in [1.29, 1.82) is 0 Å². The molecule has 0 aliphatic heterocycles.